The lowest BCUT2D eigenvalue weighted by atomic mass is 9.76. The van der Waals surface area contributed by atoms with Crippen LogP contribution in [0.5, 0.6) is 0 Å². The normalized spacial score (nSPS) is 19.7. The van der Waals surface area contributed by atoms with Crippen LogP contribution in [0.3, 0.4) is 0 Å². The molecule has 1 aromatic rings. The van der Waals surface area contributed by atoms with Crippen LogP contribution in [0, 0.1) is 0 Å². The third-order valence-corrected chi connectivity index (χ3v) is 2.88. The molecule has 0 aliphatic heterocycles. The first kappa shape index (κ1) is 10.3. The van der Waals surface area contributed by atoms with Crippen molar-refractivity contribution in [2.45, 2.75) is 31.6 Å². The molecule has 0 heterocycles. The van der Waals surface area contributed by atoms with E-state index >= 15 is 0 Å². The van der Waals surface area contributed by atoms with Gasteiger partial charge in [0.15, 0.2) is 5.78 Å². The van der Waals surface area contributed by atoms with Gasteiger partial charge in [0.25, 0.3) is 0 Å². The molecule has 0 amide bonds. The Balaban J connectivity index is 2.09. The van der Waals surface area contributed by atoms with E-state index in [1.165, 1.54) is 6.92 Å². The van der Waals surface area contributed by atoms with Gasteiger partial charge in [-0.1, -0.05) is 24.3 Å². The summed E-state index contributed by atoms with van der Waals surface area (Å²) in [5.41, 5.74) is 1.54. The van der Waals surface area contributed by atoms with Gasteiger partial charge in [-0.3, -0.25) is 4.79 Å². The Morgan fingerprint density at radius 1 is 1.27 bits per heavy atom. The van der Waals surface area contributed by atoms with E-state index in [0.717, 1.165) is 5.56 Å². The first-order valence-corrected chi connectivity index (χ1v) is 4.97. The van der Waals surface area contributed by atoms with Crippen LogP contribution in [-0.4, -0.2) is 11.7 Å². The zero-order valence-corrected chi connectivity index (χ0v) is 8.47. The standard InChI is InChI=1S/C12H12F2O/c1-8(15)9-2-4-10(5-3-9)11-6-12(13,14)7-11/h2-5,11H,6-7H2,1H3. The molecule has 2 rings (SSSR count). The second-order valence-electron chi connectivity index (χ2n) is 4.14. The molecule has 15 heavy (non-hydrogen) atoms. The van der Waals surface area contributed by atoms with Crippen molar-refractivity contribution in [3.63, 3.8) is 0 Å². The van der Waals surface area contributed by atoms with E-state index in [4.69, 9.17) is 0 Å². The van der Waals surface area contributed by atoms with Crippen molar-refractivity contribution < 1.29 is 13.6 Å². The Kier molecular flexibility index (Phi) is 2.33. The fourth-order valence-electron chi connectivity index (χ4n) is 1.89. The number of benzene rings is 1. The molecule has 1 saturated carbocycles. The third kappa shape index (κ3) is 2.06. The first-order chi connectivity index (χ1) is 6.98. The second-order valence-corrected chi connectivity index (χ2v) is 4.14. The average molecular weight is 210 g/mol. The maximum atomic E-state index is 12.6. The van der Waals surface area contributed by atoms with Crippen molar-refractivity contribution >= 4 is 5.78 Å². The van der Waals surface area contributed by atoms with Gasteiger partial charge < -0.3 is 0 Å². The summed E-state index contributed by atoms with van der Waals surface area (Å²) in [6.45, 7) is 1.49. The second kappa shape index (κ2) is 3.40. The van der Waals surface area contributed by atoms with Gasteiger partial charge in [0, 0.05) is 18.4 Å². The van der Waals surface area contributed by atoms with Crippen LogP contribution in [0.2, 0.25) is 0 Å². The Morgan fingerprint density at radius 3 is 2.20 bits per heavy atom. The lowest BCUT2D eigenvalue weighted by Gasteiger charge is -2.35. The molecule has 0 aromatic heterocycles. The maximum Gasteiger partial charge on any atom is 0.249 e. The van der Waals surface area contributed by atoms with Crippen LogP contribution in [0.15, 0.2) is 24.3 Å². The highest BCUT2D eigenvalue weighted by molar-refractivity contribution is 5.94. The van der Waals surface area contributed by atoms with E-state index in [0.29, 0.717) is 5.56 Å². The summed E-state index contributed by atoms with van der Waals surface area (Å²) in [5, 5.41) is 0. The van der Waals surface area contributed by atoms with E-state index in [-0.39, 0.29) is 24.5 Å². The van der Waals surface area contributed by atoms with Crippen molar-refractivity contribution in [2.24, 2.45) is 0 Å². The molecule has 0 saturated heterocycles. The third-order valence-electron chi connectivity index (χ3n) is 2.88. The molecule has 0 radical (unpaired) electrons. The molecule has 1 aliphatic rings. The van der Waals surface area contributed by atoms with Gasteiger partial charge in [0.2, 0.25) is 5.92 Å². The highest BCUT2D eigenvalue weighted by atomic mass is 19.3. The van der Waals surface area contributed by atoms with Crippen LogP contribution < -0.4 is 0 Å². The number of hydrogen-bond donors (Lipinski definition) is 0. The van der Waals surface area contributed by atoms with Gasteiger partial charge in [0.1, 0.15) is 0 Å². The summed E-state index contributed by atoms with van der Waals surface area (Å²) in [4.78, 5) is 11.0. The summed E-state index contributed by atoms with van der Waals surface area (Å²) >= 11 is 0. The van der Waals surface area contributed by atoms with E-state index < -0.39 is 5.92 Å². The Hall–Kier alpha value is -1.25. The maximum absolute atomic E-state index is 12.6. The van der Waals surface area contributed by atoms with Crippen molar-refractivity contribution in [3.05, 3.63) is 35.4 Å². The van der Waals surface area contributed by atoms with E-state index in [2.05, 4.69) is 0 Å². The van der Waals surface area contributed by atoms with E-state index in [1.807, 2.05) is 0 Å². The predicted octanol–water partition coefficient (Wildman–Crippen LogP) is 3.40. The molecule has 1 aromatic carbocycles. The molecule has 3 heteroatoms. The van der Waals surface area contributed by atoms with E-state index in [9.17, 15) is 13.6 Å². The number of alkyl halides is 2. The topological polar surface area (TPSA) is 17.1 Å². The molecule has 0 unspecified atom stereocenters. The largest absolute Gasteiger partial charge is 0.295 e. The SMILES string of the molecule is CC(=O)c1ccc(C2CC(F)(F)C2)cc1. The molecular weight excluding hydrogens is 198 g/mol. The van der Waals surface area contributed by atoms with Gasteiger partial charge in [-0.15, -0.1) is 0 Å². The van der Waals surface area contributed by atoms with Gasteiger partial charge >= 0.3 is 0 Å². The number of ketones is 1. The monoisotopic (exact) mass is 210 g/mol. The quantitative estimate of drug-likeness (QED) is 0.684. The van der Waals surface area contributed by atoms with Crippen molar-refractivity contribution in [3.8, 4) is 0 Å². The van der Waals surface area contributed by atoms with Crippen LogP contribution >= 0.6 is 0 Å². The van der Waals surface area contributed by atoms with Crippen molar-refractivity contribution in [2.75, 3.05) is 0 Å². The lowest BCUT2D eigenvalue weighted by molar-refractivity contribution is -0.0867. The van der Waals surface area contributed by atoms with E-state index in [1.54, 1.807) is 24.3 Å². The number of halogens is 2. The molecule has 1 nitrogen and oxygen atoms in total. The highest BCUT2D eigenvalue weighted by Crippen LogP contribution is 2.48. The Labute approximate surface area is 87.1 Å². The highest BCUT2D eigenvalue weighted by Gasteiger charge is 2.45. The minimum Gasteiger partial charge on any atom is -0.295 e. The molecular formula is C12H12F2O. The van der Waals surface area contributed by atoms with Crippen molar-refractivity contribution in [1.82, 2.24) is 0 Å². The number of carbonyl (C=O) groups excluding carboxylic acids is 1. The van der Waals surface area contributed by atoms with Gasteiger partial charge in [-0.05, 0) is 18.4 Å². The van der Waals surface area contributed by atoms with Gasteiger partial charge in [-0.25, -0.2) is 8.78 Å². The zero-order chi connectivity index (χ0) is 11.1. The molecule has 80 valence electrons. The van der Waals surface area contributed by atoms with Crippen LogP contribution in [-0.2, 0) is 0 Å². The molecule has 0 N–H and O–H groups in total. The fraction of sp³-hybridized carbons (Fsp3) is 0.417. The molecule has 0 atom stereocenters. The zero-order valence-electron chi connectivity index (χ0n) is 8.47. The summed E-state index contributed by atoms with van der Waals surface area (Å²) in [7, 11) is 0. The minimum absolute atomic E-state index is 0.000453. The summed E-state index contributed by atoms with van der Waals surface area (Å²) in [6.07, 6.45) is -0.126. The number of hydrogen-bond acceptors (Lipinski definition) is 1. The van der Waals surface area contributed by atoms with Crippen LogP contribution in [0.1, 0.15) is 41.6 Å². The van der Waals surface area contributed by atoms with Gasteiger partial charge in [0.05, 0.1) is 0 Å². The Bertz CT molecular complexity index is 373. The fourth-order valence-corrected chi connectivity index (χ4v) is 1.89. The molecule has 1 fully saturated rings. The predicted molar refractivity (Wildman–Crippen MR) is 53.4 cm³/mol. The smallest absolute Gasteiger partial charge is 0.249 e. The Morgan fingerprint density at radius 2 is 1.80 bits per heavy atom. The summed E-state index contributed by atoms with van der Waals surface area (Å²) in [6, 6.07) is 6.95. The molecule has 0 bridgehead atoms. The average Bonchev–Trinajstić information content (AvgIpc) is 2.14. The lowest BCUT2D eigenvalue weighted by Crippen LogP contribution is -2.33. The summed E-state index contributed by atoms with van der Waals surface area (Å²) in [5.74, 6) is -2.52. The number of carbonyl (C=O) groups is 1. The number of Topliss-reactive ketones (excluding diaryl/α,β-unsaturated/α-hetero) is 1. The summed E-state index contributed by atoms with van der Waals surface area (Å²) < 4.78 is 25.3. The number of rotatable bonds is 2. The van der Waals surface area contributed by atoms with Crippen LogP contribution in [0.4, 0.5) is 8.78 Å². The minimum atomic E-state index is -2.48. The molecule has 0 spiro atoms. The van der Waals surface area contributed by atoms with Crippen LogP contribution in [0.25, 0.3) is 0 Å². The molecule has 1 aliphatic carbocycles. The van der Waals surface area contributed by atoms with Gasteiger partial charge in [-0.2, -0.15) is 0 Å². The first-order valence-electron chi connectivity index (χ1n) is 4.97. The van der Waals surface area contributed by atoms with Crippen molar-refractivity contribution in [1.29, 1.82) is 0 Å².